The van der Waals surface area contributed by atoms with Gasteiger partial charge in [-0.3, -0.25) is 14.7 Å². The number of rotatable bonds is 5. The van der Waals surface area contributed by atoms with Gasteiger partial charge in [-0.1, -0.05) is 0 Å². The Morgan fingerprint density at radius 3 is 2.81 bits per heavy atom. The number of hydrogen-bond donors (Lipinski definition) is 3. The molecule has 1 atom stereocenters. The van der Waals surface area contributed by atoms with Gasteiger partial charge in [0.2, 0.25) is 0 Å². The van der Waals surface area contributed by atoms with E-state index in [0.29, 0.717) is 18.0 Å². The Morgan fingerprint density at radius 1 is 1.48 bits per heavy atom. The van der Waals surface area contributed by atoms with Gasteiger partial charge in [-0.05, 0) is 39.2 Å². The van der Waals surface area contributed by atoms with Gasteiger partial charge in [0.1, 0.15) is 16.7 Å². The van der Waals surface area contributed by atoms with Crippen LogP contribution in [-0.4, -0.2) is 68.0 Å². The van der Waals surface area contributed by atoms with E-state index in [1.165, 1.54) is 22.6 Å². The van der Waals surface area contributed by atoms with Crippen LogP contribution in [-0.2, 0) is 10.0 Å². The minimum Gasteiger partial charge on any atom is -0.485 e. The molecule has 0 aliphatic carbocycles. The Labute approximate surface area is 156 Å². The van der Waals surface area contributed by atoms with E-state index in [4.69, 9.17) is 9.84 Å². The average molecular weight is 395 g/mol. The van der Waals surface area contributed by atoms with Crippen molar-refractivity contribution in [3.8, 4) is 5.75 Å². The Balaban J connectivity index is 2.08. The summed E-state index contributed by atoms with van der Waals surface area (Å²) in [5, 5.41) is 17.6. The largest absolute Gasteiger partial charge is 0.485 e. The van der Waals surface area contributed by atoms with E-state index in [1.54, 1.807) is 13.0 Å². The lowest BCUT2D eigenvalue weighted by Crippen LogP contribution is -2.47. The number of H-pyrrole nitrogens is 1. The molecule has 1 aromatic carbocycles. The fraction of sp³-hybridized carbons (Fsp3) is 0.375. The standard InChI is InChI=1S/C16H21N5O5S/c1-10-15(7-17-19-10)27(24,25)21-9-12(8-20(2)3)26-14-5-4-11(6-13(14)21)18-16(22)23/h4-7,12,18H,8-9H2,1-3H3,(H,17,19)(H,22,23). The van der Waals surface area contributed by atoms with E-state index in [9.17, 15) is 13.2 Å². The quantitative estimate of drug-likeness (QED) is 0.697. The summed E-state index contributed by atoms with van der Waals surface area (Å²) in [6, 6.07) is 4.54. The second-order valence-electron chi connectivity index (χ2n) is 6.49. The predicted octanol–water partition coefficient (Wildman–Crippen LogP) is 1.33. The molecule has 0 bridgehead atoms. The van der Waals surface area contributed by atoms with Gasteiger partial charge in [-0.25, -0.2) is 13.2 Å². The minimum absolute atomic E-state index is 0.0653. The summed E-state index contributed by atoms with van der Waals surface area (Å²) in [7, 11) is -0.165. The van der Waals surface area contributed by atoms with Crippen LogP contribution in [0.25, 0.3) is 0 Å². The monoisotopic (exact) mass is 395 g/mol. The van der Waals surface area contributed by atoms with Gasteiger partial charge in [-0.2, -0.15) is 5.10 Å². The van der Waals surface area contributed by atoms with Gasteiger partial charge in [0.25, 0.3) is 10.0 Å². The Hall–Kier alpha value is -2.79. The second-order valence-corrected chi connectivity index (χ2v) is 8.32. The third-order valence-electron chi connectivity index (χ3n) is 4.06. The van der Waals surface area contributed by atoms with Crippen LogP contribution in [0.2, 0.25) is 0 Å². The highest BCUT2D eigenvalue weighted by Crippen LogP contribution is 2.39. The summed E-state index contributed by atoms with van der Waals surface area (Å²) >= 11 is 0. The summed E-state index contributed by atoms with van der Waals surface area (Å²) in [6.07, 6.45) is -0.287. The first kappa shape index (κ1) is 19.0. The second kappa shape index (κ2) is 7.08. The van der Waals surface area contributed by atoms with E-state index >= 15 is 0 Å². The molecule has 3 N–H and O–H groups in total. The summed E-state index contributed by atoms with van der Waals surface area (Å²) in [5.74, 6) is 0.369. The highest BCUT2D eigenvalue weighted by atomic mass is 32.2. The molecule has 0 spiro atoms. The lowest BCUT2D eigenvalue weighted by molar-refractivity contribution is 0.159. The number of amides is 1. The molecule has 0 saturated heterocycles. The maximum Gasteiger partial charge on any atom is 0.409 e. The highest BCUT2D eigenvalue weighted by molar-refractivity contribution is 7.92. The number of sulfonamides is 1. The molecule has 0 radical (unpaired) electrons. The molecule has 0 fully saturated rings. The molecule has 27 heavy (non-hydrogen) atoms. The van der Waals surface area contributed by atoms with Gasteiger partial charge < -0.3 is 14.7 Å². The molecule has 10 nitrogen and oxygen atoms in total. The van der Waals surface area contributed by atoms with E-state index < -0.39 is 16.1 Å². The number of benzene rings is 1. The number of carbonyl (C=O) groups is 1. The highest BCUT2D eigenvalue weighted by Gasteiger charge is 2.36. The first-order chi connectivity index (χ1) is 12.7. The van der Waals surface area contributed by atoms with Gasteiger partial charge in [0.05, 0.1) is 17.9 Å². The number of nitrogens with zero attached hydrogens (tertiary/aromatic N) is 3. The summed E-state index contributed by atoms with van der Waals surface area (Å²) < 4.78 is 33.7. The van der Waals surface area contributed by atoms with Gasteiger partial charge in [0.15, 0.2) is 0 Å². The van der Waals surface area contributed by atoms with Gasteiger partial charge >= 0.3 is 6.09 Å². The number of ether oxygens (including phenoxy) is 1. The molecule has 2 aromatic rings. The van der Waals surface area contributed by atoms with Crippen molar-refractivity contribution in [3.63, 3.8) is 0 Å². The zero-order valence-corrected chi connectivity index (χ0v) is 15.9. The van der Waals surface area contributed by atoms with Gasteiger partial charge in [-0.15, -0.1) is 0 Å². The summed E-state index contributed by atoms with van der Waals surface area (Å²) in [6.45, 7) is 2.21. The summed E-state index contributed by atoms with van der Waals surface area (Å²) in [5.41, 5.74) is 0.879. The van der Waals surface area contributed by atoms with Crippen LogP contribution >= 0.6 is 0 Å². The Bertz CT molecular complexity index is 956. The normalized spacial score (nSPS) is 16.7. The van der Waals surface area contributed by atoms with E-state index in [1.807, 2.05) is 19.0 Å². The number of fused-ring (bicyclic) bond motifs is 1. The SMILES string of the molecule is Cc1n[nH]cc1S(=O)(=O)N1CC(CN(C)C)Oc2ccc(NC(=O)O)cc21. The molecule has 3 rings (SSSR count). The third kappa shape index (κ3) is 3.83. The van der Waals surface area contributed by atoms with Crippen LogP contribution < -0.4 is 14.4 Å². The maximum absolute atomic E-state index is 13.3. The van der Waals surface area contributed by atoms with Crippen molar-refractivity contribution >= 4 is 27.5 Å². The molecule has 1 unspecified atom stereocenters. The zero-order chi connectivity index (χ0) is 19.8. The topological polar surface area (TPSA) is 128 Å². The van der Waals surface area contributed by atoms with Crippen molar-refractivity contribution in [2.75, 3.05) is 36.8 Å². The fourth-order valence-electron chi connectivity index (χ4n) is 2.97. The molecular weight excluding hydrogens is 374 g/mol. The molecule has 1 aromatic heterocycles. The number of aryl methyl sites for hydroxylation is 1. The van der Waals surface area contributed by atoms with Gasteiger partial charge in [0, 0.05) is 18.4 Å². The zero-order valence-electron chi connectivity index (χ0n) is 15.1. The predicted molar refractivity (Wildman–Crippen MR) is 98.9 cm³/mol. The van der Waals surface area contributed by atoms with Crippen molar-refractivity contribution in [3.05, 3.63) is 30.1 Å². The molecule has 1 aliphatic rings. The van der Waals surface area contributed by atoms with Crippen LogP contribution in [0.4, 0.5) is 16.2 Å². The van der Waals surface area contributed by atoms with E-state index in [-0.39, 0.29) is 28.9 Å². The number of hydrogen-bond acceptors (Lipinski definition) is 6. The number of carboxylic acid groups (broad SMARTS) is 1. The third-order valence-corrected chi connectivity index (χ3v) is 5.96. The molecule has 11 heteroatoms. The Kier molecular flexibility index (Phi) is 4.98. The molecule has 0 saturated carbocycles. The molecule has 1 aliphatic heterocycles. The first-order valence-electron chi connectivity index (χ1n) is 8.17. The molecule has 146 valence electrons. The van der Waals surface area contributed by atoms with E-state index in [0.717, 1.165) is 0 Å². The molecular formula is C16H21N5O5S. The van der Waals surface area contributed by atoms with Crippen molar-refractivity contribution in [1.29, 1.82) is 0 Å². The van der Waals surface area contributed by atoms with Crippen molar-refractivity contribution in [1.82, 2.24) is 15.1 Å². The number of nitrogens with one attached hydrogen (secondary N) is 2. The van der Waals surface area contributed by atoms with Crippen LogP contribution in [0.1, 0.15) is 5.69 Å². The number of likely N-dealkylation sites (N-methyl/N-ethyl adjacent to an activating group) is 1. The van der Waals surface area contributed by atoms with E-state index in [2.05, 4.69) is 15.5 Å². The van der Waals surface area contributed by atoms with Crippen molar-refractivity contribution < 1.29 is 23.1 Å². The Morgan fingerprint density at radius 2 is 2.22 bits per heavy atom. The van der Waals surface area contributed by atoms with Crippen molar-refractivity contribution in [2.24, 2.45) is 0 Å². The lowest BCUT2D eigenvalue weighted by atomic mass is 10.2. The minimum atomic E-state index is -3.91. The van der Waals surface area contributed by atoms with Crippen LogP contribution in [0.5, 0.6) is 5.75 Å². The number of anilines is 2. The average Bonchev–Trinajstić information content (AvgIpc) is 3.00. The summed E-state index contributed by atoms with van der Waals surface area (Å²) in [4.78, 5) is 12.9. The fourth-order valence-corrected chi connectivity index (χ4v) is 4.59. The van der Waals surface area contributed by atoms with Crippen LogP contribution in [0.15, 0.2) is 29.3 Å². The number of aromatic nitrogens is 2. The van der Waals surface area contributed by atoms with Crippen LogP contribution in [0.3, 0.4) is 0 Å². The lowest BCUT2D eigenvalue weighted by Gasteiger charge is -2.36. The number of aromatic amines is 1. The van der Waals surface area contributed by atoms with Crippen molar-refractivity contribution in [2.45, 2.75) is 17.9 Å². The smallest absolute Gasteiger partial charge is 0.409 e. The van der Waals surface area contributed by atoms with Crippen LogP contribution in [0, 0.1) is 6.92 Å². The maximum atomic E-state index is 13.3. The first-order valence-corrected chi connectivity index (χ1v) is 9.61. The molecule has 1 amide bonds. The molecule has 2 heterocycles.